The molecule has 0 N–H and O–H groups in total. The topological polar surface area (TPSA) is 81.7 Å². The molecule has 4 fully saturated rings. The second-order valence-corrected chi connectivity index (χ2v) is 13.2. The third kappa shape index (κ3) is 6.07. The molecule has 4 aliphatic carbocycles. The smallest absolute Gasteiger partial charge is 0.305 e. The second-order valence-electron chi connectivity index (χ2n) is 13.2. The van der Waals surface area contributed by atoms with E-state index in [9.17, 15) is 4.79 Å². The van der Waals surface area contributed by atoms with Gasteiger partial charge in [0.1, 0.15) is 20.4 Å². The van der Waals surface area contributed by atoms with E-state index in [1.807, 2.05) is 0 Å². The molecule has 4 rings (SSSR count). The fourth-order valence-corrected chi connectivity index (χ4v) is 9.76. The fraction of sp³-hybridized carbons (Fsp3) is 0.968. The van der Waals surface area contributed by atoms with Crippen LogP contribution in [-0.4, -0.2) is 73.1 Å². The minimum absolute atomic E-state index is 0.00805. The van der Waals surface area contributed by atoms with E-state index in [0.29, 0.717) is 62.3 Å². The van der Waals surface area contributed by atoms with Crippen LogP contribution in [0.15, 0.2) is 0 Å². The highest BCUT2D eigenvalue weighted by molar-refractivity contribution is 5.69. The number of ether oxygens (including phenoxy) is 7. The molecule has 0 spiro atoms. The molecule has 0 bridgehead atoms. The molecule has 0 aromatic rings. The van der Waals surface area contributed by atoms with Crippen molar-refractivity contribution in [1.29, 1.82) is 0 Å². The molecule has 0 aliphatic heterocycles. The molecule has 0 saturated heterocycles. The van der Waals surface area contributed by atoms with Gasteiger partial charge in [-0.1, -0.05) is 20.8 Å². The van der Waals surface area contributed by atoms with E-state index in [0.717, 1.165) is 44.9 Å². The van der Waals surface area contributed by atoms with Crippen LogP contribution in [0.3, 0.4) is 0 Å². The van der Waals surface area contributed by atoms with Crippen molar-refractivity contribution in [1.82, 2.24) is 0 Å². The zero-order valence-corrected chi connectivity index (χ0v) is 25.4. The first-order valence-corrected chi connectivity index (χ1v) is 15.1. The molecule has 4 aliphatic rings. The van der Waals surface area contributed by atoms with E-state index in [1.165, 1.54) is 13.5 Å². The number of esters is 1. The molecule has 0 amide bonds. The van der Waals surface area contributed by atoms with Crippen LogP contribution in [0.25, 0.3) is 0 Å². The molecule has 0 aromatic heterocycles. The molecule has 226 valence electrons. The van der Waals surface area contributed by atoms with Gasteiger partial charge in [-0.05, 0) is 92.3 Å². The summed E-state index contributed by atoms with van der Waals surface area (Å²) in [5, 5.41) is 0. The molecule has 0 unspecified atom stereocenters. The third-order valence-electron chi connectivity index (χ3n) is 11.7. The quantitative estimate of drug-likeness (QED) is 0.220. The molecular weight excluding hydrogens is 500 g/mol. The van der Waals surface area contributed by atoms with Crippen LogP contribution in [-0.2, 0) is 38.0 Å². The second kappa shape index (κ2) is 13.5. The maximum absolute atomic E-state index is 12.0. The Hall–Kier alpha value is -0.770. The first-order valence-electron chi connectivity index (χ1n) is 15.1. The molecule has 8 nitrogen and oxygen atoms in total. The van der Waals surface area contributed by atoms with Gasteiger partial charge in [-0.15, -0.1) is 0 Å². The predicted octanol–water partition coefficient (Wildman–Crippen LogP) is 5.42. The van der Waals surface area contributed by atoms with Crippen molar-refractivity contribution in [3.8, 4) is 0 Å². The Kier molecular flexibility index (Phi) is 10.8. The van der Waals surface area contributed by atoms with E-state index >= 15 is 0 Å². The summed E-state index contributed by atoms with van der Waals surface area (Å²) in [5.74, 6) is 2.74. The summed E-state index contributed by atoms with van der Waals surface area (Å²) in [6.45, 7) is 8.32. The SMILES string of the molecule is COCO[C@@H]1CC[C@@]2(C)[C@@H](C1)C[C@@H](OCOC)[C@@H]1[C@@H]2C[C@H](OCOC)[C@]2(C)[C@@H]([C@H](C)CCC(=O)OC)CC[C@@H]12. The van der Waals surface area contributed by atoms with Crippen LogP contribution < -0.4 is 0 Å². The minimum Gasteiger partial charge on any atom is -0.469 e. The summed E-state index contributed by atoms with van der Waals surface area (Å²) in [7, 11) is 6.60. The summed E-state index contributed by atoms with van der Waals surface area (Å²) in [6.07, 6.45) is 9.49. The van der Waals surface area contributed by atoms with Gasteiger partial charge in [-0.2, -0.15) is 0 Å². The summed E-state index contributed by atoms with van der Waals surface area (Å²) in [6, 6.07) is 0. The van der Waals surface area contributed by atoms with E-state index in [4.69, 9.17) is 33.2 Å². The molecule has 0 aromatic carbocycles. The number of carbonyl (C=O) groups is 1. The highest BCUT2D eigenvalue weighted by Gasteiger charge is 2.66. The average molecular weight is 555 g/mol. The van der Waals surface area contributed by atoms with Gasteiger partial charge in [0.25, 0.3) is 0 Å². The van der Waals surface area contributed by atoms with Crippen LogP contribution in [0.2, 0.25) is 0 Å². The normalized spacial score (nSPS) is 42.3. The Morgan fingerprint density at radius 2 is 1.54 bits per heavy atom. The zero-order valence-electron chi connectivity index (χ0n) is 25.4. The third-order valence-corrected chi connectivity index (χ3v) is 11.7. The zero-order chi connectivity index (χ0) is 28.2. The first kappa shape index (κ1) is 31.2. The average Bonchev–Trinajstić information content (AvgIpc) is 3.30. The Balaban J connectivity index is 1.64. The molecule has 11 atom stereocenters. The lowest BCUT2D eigenvalue weighted by Crippen LogP contribution is -2.63. The van der Waals surface area contributed by atoms with E-state index < -0.39 is 0 Å². The largest absolute Gasteiger partial charge is 0.469 e. The summed E-state index contributed by atoms with van der Waals surface area (Å²) >= 11 is 0. The molecule has 8 heteroatoms. The van der Waals surface area contributed by atoms with Crippen molar-refractivity contribution in [2.24, 2.45) is 46.3 Å². The number of hydrogen-bond acceptors (Lipinski definition) is 8. The maximum Gasteiger partial charge on any atom is 0.305 e. The fourth-order valence-electron chi connectivity index (χ4n) is 9.76. The van der Waals surface area contributed by atoms with Crippen LogP contribution in [0, 0.1) is 46.3 Å². The van der Waals surface area contributed by atoms with Crippen molar-refractivity contribution in [3.63, 3.8) is 0 Å². The van der Waals surface area contributed by atoms with Crippen LogP contribution in [0.1, 0.15) is 78.6 Å². The lowest BCUT2D eigenvalue weighted by atomic mass is 9.43. The molecule has 0 heterocycles. The van der Waals surface area contributed by atoms with Crippen LogP contribution >= 0.6 is 0 Å². The molecule has 0 radical (unpaired) electrons. The van der Waals surface area contributed by atoms with Crippen LogP contribution in [0.4, 0.5) is 0 Å². The predicted molar refractivity (Wildman–Crippen MR) is 147 cm³/mol. The van der Waals surface area contributed by atoms with Crippen molar-refractivity contribution >= 4 is 5.97 Å². The van der Waals surface area contributed by atoms with Gasteiger partial charge in [0.2, 0.25) is 0 Å². The van der Waals surface area contributed by atoms with E-state index in [1.54, 1.807) is 21.3 Å². The van der Waals surface area contributed by atoms with Gasteiger partial charge < -0.3 is 33.2 Å². The standard InChI is InChI=1S/C31H54O8/c1-20(8-11-28(32)36-7)23-9-10-24-29-25(16-27(31(23,24)3)39-19-35-6)30(2)13-12-22(37-17-33-4)14-21(30)15-26(29)38-18-34-5/h20-27,29H,8-19H2,1-7H3/t20-,21+,22-,23-,24+,25+,26-,27+,29+,30+,31-/m1/s1. The van der Waals surface area contributed by atoms with Gasteiger partial charge in [0.15, 0.2) is 0 Å². The minimum atomic E-state index is -0.123. The maximum atomic E-state index is 12.0. The number of fused-ring (bicyclic) bond motifs is 5. The Morgan fingerprint density at radius 3 is 2.23 bits per heavy atom. The Labute approximate surface area is 236 Å². The van der Waals surface area contributed by atoms with Gasteiger partial charge in [0, 0.05) is 33.2 Å². The molecular formula is C31H54O8. The van der Waals surface area contributed by atoms with Gasteiger partial charge in [-0.25, -0.2) is 0 Å². The molecule has 39 heavy (non-hydrogen) atoms. The van der Waals surface area contributed by atoms with E-state index in [-0.39, 0.29) is 35.1 Å². The summed E-state index contributed by atoms with van der Waals surface area (Å²) < 4.78 is 40.3. The number of hydrogen-bond donors (Lipinski definition) is 0. The lowest BCUT2D eigenvalue weighted by molar-refractivity contribution is -0.249. The molecule has 4 saturated carbocycles. The lowest BCUT2D eigenvalue weighted by Gasteiger charge is -2.64. The van der Waals surface area contributed by atoms with Crippen LogP contribution in [0.5, 0.6) is 0 Å². The van der Waals surface area contributed by atoms with Gasteiger partial charge in [-0.3, -0.25) is 4.79 Å². The number of carbonyl (C=O) groups excluding carboxylic acids is 1. The Morgan fingerprint density at radius 1 is 0.846 bits per heavy atom. The van der Waals surface area contributed by atoms with Gasteiger partial charge in [0.05, 0.1) is 25.4 Å². The summed E-state index contributed by atoms with van der Waals surface area (Å²) in [5.41, 5.74) is 0.209. The first-order chi connectivity index (χ1) is 18.7. The Bertz CT molecular complexity index is 793. The van der Waals surface area contributed by atoms with Crippen molar-refractivity contribution in [2.75, 3.05) is 48.8 Å². The van der Waals surface area contributed by atoms with Crippen molar-refractivity contribution in [2.45, 2.75) is 96.9 Å². The highest BCUT2D eigenvalue weighted by Crippen LogP contribution is 2.69. The van der Waals surface area contributed by atoms with E-state index in [2.05, 4.69) is 20.8 Å². The van der Waals surface area contributed by atoms with Gasteiger partial charge >= 0.3 is 5.97 Å². The van der Waals surface area contributed by atoms with Crippen molar-refractivity contribution in [3.05, 3.63) is 0 Å². The highest BCUT2D eigenvalue weighted by atomic mass is 16.7. The summed E-state index contributed by atoms with van der Waals surface area (Å²) in [4.78, 5) is 12.0. The number of rotatable bonds is 13. The number of methoxy groups -OCH3 is 4. The monoisotopic (exact) mass is 554 g/mol. The van der Waals surface area contributed by atoms with Crippen molar-refractivity contribution < 1.29 is 38.0 Å².